The zero-order valence-electron chi connectivity index (χ0n) is 9.59. The van der Waals surface area contributed by atoms with E-state index in [0.29, 0.717) is 0 Å². The first-order chi connectivity index (χ1) is 9.67. The molecule has 140 valence electrons. The zero-order valence-corrected chi connectivity index (χ0v) is 10.4. The molecule has 23 heavy (non-hydrogen) atoms. The third-order valence-electron chi connectivity index (χ3n) is 2.08. The van der Waals surface area contributed by atoms with Crippen LogP contribution in [0.15, 0.2) is 0 Å². The highest BCUT2D eigenvalue weighted by molar-refractivity contribution is 7.74. The molecule has 1 unspecified atom stereocenters. The van der Waals surface area contributed by atoms with Crippen molar-refractivity contribution in [2.75, 3.05) is 0 Å². The van der Waals surface area contributed by atoms with Gasteiger partial charge in [0.15, 0.2) is 0 Å². The summed E-state index contributed by atoms with van der Waals surface area (Å²) in [6.45, 7) is 0. The van der Waals surface area contributed by atoms with E-state index in [9.17, 15) is 61.3 Å². The molecule has 0 saturated heterocycles. The molecule has 0 heterocycles. The van der Waals surface area contributed by atoms with Crippen LogP contribution in [0.1, 0.15) is 0 Å². The van der Waals surface area contributed by atoms with Gasteiger partial charge in [-0.15, -0.1) is 0 Å². The molecule has 0 aliphatic carbocycles. The van der Waals surface area contributed by atoms with Crippen LogP contribution in [-0.4, -0.2) is 44.7 Å². The first kappa shape index (κ1) is 22.2. The van der Waals surface area contributed by atoms with E-state index in [1.165, 1.54) is 0 Å². The molecule has 0 aromatic rings. The number of hydrogen-bond acceptors (Lipinski definition) is 2. The molecule has 1 N–H and O–H groups in total. The lowest BCUT2D eigenvalue weighted by molar-refractivity contribution is -0.456. The van der Waals surface area contributed by atoms with Gasteiger partial charge in [0, 0.05) is 0 Å². The van der Waals surface area contributed by atoms with Gasteiger partial charge >= 0.3 is 47.3 Å². The summed E-state index contributed by atoms with van der Waals surface area (Å²) >= 11 is -4.50. The molecular formula is C6HF13O3S. The van der Waals surface area contributed by atoms with Gasteiger partial charge in [0.25, 0.3) is 0 Å². The molecule has 0 bridgehead atoms. The fourth-order valence-corrected chi connectivity index (χ4v) is 1.18. The highest BCUT2D eigenvalue weighted by Gasteiger charge is 2.91. The molecule has 0 aliphatic rings. The molecule has 17 heteroatoms. The van der Waals surface area contributed by atoms with Crippen molar-refractivity contribution in [3.05, 3.63) is 0 Å². The lowest BCUT2D eigenvalue weighted by Crippen LogP contribution is -2.70. The van der Waals surface area contributed by atoms with Crippen molar-refractivity contribution in [3.63, 3.8) is 0 Å². The van der Waals surface area contributed by atoms with Gasteiger partial charge in [-0.3, -0.25) is 4.55 Å². The van der Waals surface area contributed by atoms with Crippen LogP contribution in [-0.2, 0) is 15.5 Å². The van der Waals surface area contributed by atoms with Crippen molar-refractivity contribution in [3.8, 4) is 0 Å². The van der Waals surface area contributed by atoms with Crippen LogP contribution in [0.5, 0.6) is 0 Å². The van der Waals surface area contributed by atoms with Crippen molar-refractivity contribution in [2.24, 2.45) is 0 Å². The fourth-order valence-electron chi connectivity index (χ4n) is 0.897. The number of hydrogen-bond donors (Lipinski definition) is 1. The molecule has 0 fully saturated rings. The number of halogens is 13. The largest absolute Gasteiger partial charge is 0.460 e. The van der Waals surface area contributed by atoms with Crippen molar-refractivity contribution in [1.29, 1.82) is 0 Å². The third-order valence-corrected chi connectivity index (χ3v) is 2.43. The highest BCUT2D eigenvalue weighted by atomic mass is 32.2. The Labute approximate surface area is 118 Å². The molecule has 0 saturated carbocycles. The summed E-state index contributed by atoms with van der Waals surface area (Å²) < 4.78 is 180. The molecule has 1 atom stereocenters. The number of rotatable bonds is 6. The summed E-state index contributed by atoms with van der Waals surface area (Å²) in [5.74, 6) is -31.7. The molecule has 0 aliphatic heterocycles. The minimum atomic E-state index is -8.08. The third kappa shape index (κ3) is 3.21. The van der Waals surface area contributed by atoms with Crippen LogP contribution >= 0.6 is 0 Å². The van der Waals surface area contributed by atoms with Crippen molar-refractivity contribution in [1.82, 2.24) is 0 Å². The maximum atomic E-state index is 12.7. The van der Waals surface area contributed by atoms with E-state index in [1.54, 1.807) is 0 Å². The van der Waals surface area contributed by atoms with Crippen LogP contribution < -0.4 is 0 Å². The van der Waals surface area contributed by atoms with Gasteiger partial charge in [-0.05, 0) is 0 Å². The van der Waals surface area contributed by atoms with Gasteiger partial charge in [-0.2, -0.15) is 65.5 Å². The maximum Gasteiger partial charge on any atom is 0.460 e. The van der Waals surface area contributed by atoms with Crippen molar-refractivity contribution in [2.45, 2.75) is 36.0 Å². The van der Waals surface area contributed by atoms with E-state index in [4.69, 9.17) is 4.55 Å². The van der Waals surface area contributed by atoms with Crippen LogP contribution in [0.3, 0.4) is 0 Å². The van der Waals surface area contributed by atoms with Crippen molar-refractivity contribution >= 4 is 11.4 Å². The molecule has 3 nitrogen and oxygen atoms in total. The molecule has 0 aromatic heterocycles. The van der Waals surface area contributed by atoms with Crippen LogP contribution in [0, 0.1) is 0 Å². The minimum absolute atomic E-state index is 1.99. The Hall–Kier alpha value is -0.840. The molecule has 0 radical (unpaired) electrons. The molecule has 0 aromatic carbocycles. The van der Waals surface area contributed by atoms with E-state index in [2.05, 4.69) is 0 Å². The van der Waals surface area contributed by atoms with Gasteiger partial charge in [-0.25, -0.2) is 0 Å². The first-order valence-electron chi connectivity index (χ1n) is 4.43. The number of alkyl halides is 13. The van der Waals surface area contributed by atoms with E-state index < -0.39 is 47.3 Å². The average molecular weight is 400 g/mol. The van der Waals surface area contributed by atoms with Crippen LogP contribution in [0.4, 0.5) is 57.1 Å². The van der Waals surface area contributed by atoms with Gasteiger partial charge in [0.2, 0.25) is 0 Å². The second kappa shape index (κ2) is 5.61. The first-order valence-corrected chi connectivity index (χ1v) is 5.46. The van der Waals surface area contributed by atoms with Gasteiger partial charge in [-0.1, -0.05) is 0 Å². The Balaban J connectivity index is 6.19. The lowest BCUT2D eigenvalue weighted by Gasteiger charge is -2.38. The Morgan fingerprint density at radius 2 is 0.913 bits per heavy atom. The molecule has 0 rings (SSSR count). The molecular weight excluding hydrogens is 399 g/mol. The standard InChI is InChI=1S/C6HF13O3S/c7-1(8,3(11,12)5(15,16)17)2(9,10)4(13,14)6(18,19)22-23(20)21/h(H,20,21). The fraction of sp³-hybridized carbons (Fsp3) is 1.00. The van der Waals surface area contributed by atoms with Crippen molar-refractivity contribution < 1.29 is 70.0 Å². The highest BCUT2D eigenvalue weighted by Crippen LogP contribution is 2.60. The maximum absolute atomic E-state index is 12.7. The topological polar surface area (TPSA) is 46.5 Å². The average Bonchev–Trinajstić information content (AvgIpc) is 2.24. The zero-order chi connectivity index (χ0) is 19.3. The monoisotopic (exact) mass is 400 g/mol. The Morgan fingerprint density at radius 3 is 1.17 bits per heavy atom. The van der Waals surface area contributed by atoms with Crippen LogP contribution in [0.25, 0.3) is 0 Å². The molecule has 0 amide bonds. The Bertz CT molecular complexity index is 469. The van der Waals surface area contributed by atoms with Gasteiger partial charge in [0.1, 0.15) is 0 Å². The summed E-state index contributed by atoms with van der Waals surface area (Å²) in [5, 5.41) is 0. The van der Waals surface area contributed by atoms with E-state index in [1.807, 2.05) is 4.18 Å². The SMILES string of the molecule is O=S(O)OC(F)(F)C(F)(F)C(F)(F)C(F)(F)C(F)(F)C(F)(F)F. The lowest BCUT2D eigenvalue weighted by atomic mass is 9.97. The predicted octanol–water partition coefficient (Wildman–Crippen LogP) is 3.84. The quantitative estimate of drug-likeness (QED) is 0.545. The smallest absolute Gasteiger partial charge is 0.284 e. The summed E-state index contributed by atoms with van der Waals surface area (Å²) in [6.07, 6.45) is -14.5. The summed E-state index contributed by atoms with van der Waals surface area (Å²) in [5.41, 5.74) is 0. The van der Waals surface area contributed by atoms with E-state index >= 15 is 0 Å². The van der Waals surface area contributed by atoms with Gasteiger partial charge < -0.3 is 0 Å². The summed E-state index contributed by atoms with van der Waals surface area (Å²) in [7, 11) is 0. The Kier molecular flexibility index (Phi) is 5.40. The van der Waals surface area contributed by atoms with E-state index in [0.717, 1.165) is 0 Å². The second-order valence-corrected chi connectivity index (χ2v) is 4.21. The Morgan fingerprint density at radius 1 is 0.609 bits per heavy atom. The summed E-state index contributed by atoms with van der Waals surface area (Å²) in [6, 6.07) is 0. The second-order valence-electron chi connectivity index (χ2n) is 3.61. The van der Waals surface area contributed by atoms with E-state index in [-0.39, 0.29) is 0 Å². The predicted molar refractivity (Wildman–Crippen MR) is 42.6 cm³/mol. The summed E-state index contributed by atoms with van der Waals surface area (Å²) in [4.78, 5) is 0. The van der Waals surface area contributed by atoms with Crippen LogP contribution in [0.2, 0.25) is 0 Å². The normalized spacial score (nSPS) is 17.3. The minimum Gasteiger partial charge on any atom is -0.284 e. The van der Waals surface area contributed by atoms with Gasteiger partial charge in [0.05, 0.1) is 0 Å². The molecule has 0 spiro atoms.